The highest BCUT2D eigenvalue weighted by Crippen LogP contribution is 2.64. The molecule has 3 saturated carbocycles. The Morgan fingerprint density at radius 1 is 1.20 bits per heavy atom. The van der Waals surface area contributed by atoms with Gasteiger partial charge in [0, 0.05) is 11.0 Å². The predicted octanol–water partition coefficient (Wildman–Crippen LogP) is 4.41. The number of rotatable bonds is 2. The van der Waals surface area contributed by atoms with E-state index >= 15 is 0 Å². The third-order valence-corrected chi connectivity index (χ3v) is 8.11. The zero-order valence-corrected chi connectivity index (χ0v) is 15.9. The minimum absolute atomic E-state index is 0.154. The Hall–Kier alpha value is -1.09. The number of hydrogen-bond donors (Lipinski definition) is 1. The summed E-state index contributed by atoms with van der Waals surface area (Å²) in [6, 6.07) is 0. The van der Waals surface area contributed by atoms with Gasteiger partial charge in [-0.25, -0.2) is 0 Å². The van der Waals surface area contributed by atoms with E-state index in [1.54, 1.807) is 6.26 Å². The molecular weight excluding hydrogens is 312 g/mol. The van der Waals surface area contributed by atoms with Crippen molar-refractivity contribution in [2.75, 3.05) is 6.61 Å². The third-order valence-electron chi connectivity index (χ3n) is 8.11. The van der Waals surface area contributed by atoms with Crippen molar-refractivity contribution in [3.63, 3.8) is 0 Å². The van der Waals surface area contributed by atoms with Gasteiger partial charge in [-0.1, -0.05) is 25.5 Å². The maximum atomic E-state index is 13.1. The summed E-state index contributed by atoms with van der Waals surface area (Å²) in [5.41, 5.74) is 2.44. The molecule has 0 unspecified atom stereocenters. The van der Waals surface area contributed by atoms with Gasteiger partial charge in [-0.05, 0) is 75.0 Å². The molecule has 6 atom stereocenters. The summed E-state index contributed by atoms with van der Waals surface area (Å²) < 4.78 is 5.47. The number of carbonyl (C=O) groups excluding carboxylic acids is 1. The maximum absolute atomic E-state index is 13.1. The van der Waals surface area contributed by atoms with Crippen LogP contribution in [0.1, 0.15) is 65.7 Å². The topological polar surface area (TPSA) is 46.5 Å². The Morgan fingerprint density at radius 3 is 2.72 bits per heavy atom. The van der Waals surface area contributed by atoms with Gasteiger partial charge in [0.2, 0.25) is 0 Å². The van der Waals surface area contributed by atoms with E-state index in [0.717, 1.165) is 50.5 Å². The lowest BCUT2D eigenvalue weighted by molar-refractivity contribution is -0.130. The van der Waals surface area contributed by atoms with Gasteiger partial charge >= 0.3 is 0 Å². The van der Waals surface area contributed by atoms with Crippen LogP contribution in [0.15, 0.2) is 23.5 Å². The zero-order chi connectivity index (χ0) is 17.8. The van der Waals surface area contributed by atoms with E-state index in [1.165, 1.54) is 5.57 Å². The second-order valence-electron chi connectivity index (χ2n) is 9.24. The highest BCUT2D eigenvalue weighted by Gasteiger charge is 2.59. The van der Waals surface area contributed by atoms with Crippen LogP contribution in [-0.2, 0) is 9.53 Å². The van der Waals surface area contributed by atoms with Gasteiger partial charge in [0.15, 0.2) is 5.78 Å². The van der Waals surface area contributed by atoms with E-state index in [-0.39, 0.29) is 16.9 Å². The summed E-state index contributed by atoms with van der Waals surface area (Å²) >= 11 is 0. The van der Waals surface area contributed by atoms with Crippen molar-refractivity contribution in [3.8, 4) is 0 Å². The Balaban J connectivity index is 1.66. The SMILES string of the molecule is CCO/C=C1/C[C@H]2[C@@H]3CC=C4C[C@@H](O)CC[C@]4(C)[C@H]3CC[C@]2(C)C1=O. The monoisotopic (exact) mass is 344 g/mol. The third kappa shape index (κ3) is 2.45. The molecule has 3 nitrogen and oxygen atoms in total. The smallest absolute Gasteiger partial charge is 0.168 e. The van der Waals surface area contributed by atoms with Gasteiger partial charge in [0.25, 0.3) is 0 Å². The molecule has 0 aromatic heterocycles. The molecule has 0 aromatic rings. The van der Waals surface area contributed by atoms with Gasteiger partial charge in [-0.15, -0.1) is 0 Å². The number of hydrogen-bond acceptors (Lipinski definition) is 3. The molecule has 0 radical (unpaired) electrons. The van der Waals surface area contributed by atoms with Crippen molar-refractivity contribution >= 4 is 5.78 Å². The molecule has 0 saturated heterocycles. The molecule has 4 rings (SSSR count). The van der Waals surface area contributed by atoms with Gasteiger partial charge in [-0.2, -0.15) is 0 Å². The molecule has 1 N–H and O–H groups in total. The van der Waals surface area contributed by atoms with Crippen molar-refractivity contribution in [2.24, 2.45) is 28.6 Å². The average Bonchev–Trinajstić information content (AvgIpc) is 2.85. The number of carbonyl (C=O) groups is 1. The maximum Gasteiger partial charge on any atom is 0.168 e. The summed E-state index contributed by atoms with van der Waals surface area (Å²) in [7, 11) is 0. The van der Waals surface area contributed by atoms with Crippen LogP contribution < -0.4 is 0 Å². The van der Waals surface area contributed by atoms with Crippen molar-refractivity contribution < 1.29 is 14.6 Å². The summed E-state index contributed by atoms with van der Waals surface area (Å²) in [5, 5.41) is 10.1. The molecule has 4 aliphatic rings. The van der Waals surface area contributed by atoms with Gasteiger partial charge < -0.3 is 9.84 Å². The summed E-state index contributed by atoms with van der Waals surface area (Å²) in [6.45, 7) is 7.22. The molecular formula is C22H32O3. The quantitative estimate of drug-likeness (QED) is 0.458. The number of ketones is 1. The minimum Gasteiger partial charge on any atom is -0.501 e. The molecule has 0 spiro atoms. The van der Waals surface area contributed by atoms with E-state index in [1.807, 2.05) is 6.92 Å². The van der Waals surface area contributed by atoms with Gasteiger partial charge in [-0.3, -0.25) is 4.79 Å². The van der Waals surface area contributed by atoms with Crippen LogP contribution in [0.25, 0.3) is 0 Å². The first-order chi connectivity index (χ1) is 11.9. The number of allylic oxidation sites excluding steroid dienone is 2. The van der Waals surface area contributed by atoms with Crippen LogP contribution in [0.3, 0.4) is 0 Å². The van der Waals surface area contributed by atoms with Crippen molar-refractivity contribution in [1.29, 1.82) is 0 Å². The molecule has 25 heavy (non-hydrogen) atoms. The fourth-order valence-electron chi connectivity index (χ4n) is 6.60. The van der Waals surface area contributed by atoms with E-state index in [9.17, 15) is 9.90 Å². The van der Waals surface area contributed by atoms with Crippen LogP contribution in [0, 0.1) is 28.6 Å². The van der Waals surface area contributed by atoms with Crippen LogP contribution >= 0.6 is 0 Å². The fourth-order valence-corrected chi connectivity index (χ4v) is 6.60. The molecule has 3 heteroatoms. The van der Waals surface area contributed by atoms with E-state index in [0.29, 0.717) is 30.1 Å². The standard InChI is InChI=1S/C22H32O3/c1-4-25-13-14-11-19-17-6-5-15-12-16(23)7-9-21(15,2)18(17)8-10-22(19,3)20(14)24/h5,13,16-19,23H,4,6-12H2,1-3H3/b14-13-/t16-,17+,18-,19-,21-,22-/m0/s1. The lowest BCUT2D eigenvalue weighted by atomic mass is 9.48. The highest BCUT2D eigenvalue weighted by atomic mass is 16.5. The van der Waals surface area contributed by atoms with Crippen LogP contribution in [0.4, 0.5) is 0 Å². The molecule has 0 aromatic carbocycles. The summed E-state index contributed by atoms with van der Waals surface area (Å²) in [4.78, 5) is 13.1. The minimum atomic E-state index is -0.194. The first kappa shape index (κ1) is 17.3. The first-order valence-electron chi connectivity index (χ1n) is 10.1. The molecule has 0 heterocycles. The average molecular weight is 344 g/mol. The Bertz CT molecular complexity index is 633. The molecule has 0 aliphatic heterocycles. The van der Waals surface area contributed by atoms with Gasteiger partial charge in [0.1, 0.15) is 0 Å². The number of aliphatic hydroxyl groups is 1. The fraction of sp³-hybridized carbons (Fsp3) is 0.773. The first-order valence-corrected chi connectivity index (χ1v) is 10.1. The largest absolute Gasteiger partial charge is 0.501 e. The lowest BCUT2D eigenvalue weighted by Gasteiger charge is -2.56. The highest BCUT2D eigenvalue weighted by molar-refractivity contribution is 6.02. The second-order valence-corrected chi connectivity index (χ2v) is 9.24. The van der Waals surface area contributed by atoms with Crippen LogP contribution in [0.2, 0.25) is 0 Å². The Labute approximate surface area is 151 Å². The van der Waals surface area contributed by atoms with E-state index in [4.69, 9.17) is 4.74 Å². The van der Waals surface area contributed by atoms with Crippen molar-refractivity contribution in [1.82, 2.24) is 0 Å². The van der Waals surface area contributed by atoms with Crippen molar-refractivity contribution in [2.45, 2.75) is 71.8 Å². The molecule has 0 amide bonds. The summed E-state index contributed by atoms with van der Waals surface area (Å²) in [6.07, 6.45) is 11.0. The van der Waals surface area contributed by atoms with Crippen molar-refractivity contribution in [3.05, 3.63) is 23.5 Å². The second kappa shape index (κ2) is 5.97. The van der Waals surface area contributed by atoms with Gasteiger partial charge in [0.05, 0.1) is 19.0 Å². The zero-order valence-electron chi connectivity index (χ0n) is 15.9. The lowest BCUT2D eigenvalue weighted by Crippen LogP contribution is -2.50. The number of fused-ring (bicyclic) bond motifs is 5. The molecule has 3 fully saturated rings. The normalized spacial score (nSPS) is 47.8. The molecule has 0 bridgehead atoms. The summed E-state index contributed by atoms with van der Waals surface area (Å²) in [5.74, 6) is 2.05. The van der Waals surface area contributed by atoms with Crippen LogP contribution in [0.5, 0.6) is 0 Å². The molecule has 4 aliphatic carbocycles. The number of ether oxygens (including phenoxy) is 1. The predicted molar refractivity (Wildman–Crippen MR) is 97.8 cm³/mol. The Kier molecular flexibility index (Phi) is 4.14. The molecule has 138 valence electrons. The van der Waals surface area contributed by atoms with Crippen LogP contribution in [-0.4, -0.2) is 23.6 Å². The van der Waals surface area contributed by atoms with E-state index < -0.39 is 0 Å². The number of Topliss-reactive ketones (excluding diaryl/α,β-unsaturated/α-hetero) is 1. The Morgan fingerprint density at radius 2 is 1.96 bits per heavy atom. The van der Waals surface area contributed by atoms with E-state index in [2.05, 4.69) is 19.9 Å². The number of aliphatic hydroxyl groups excluding tert-OH is 1.